The molecule has 9 aliphatic carbocycles. The van der Waals surface area contributed by atoms with Crippen LogP contribution in [0.5, 0.6) is 0 Å². The Labute approximate surface area is 365 Å². The molecular weight excluding hydrogens is 743 g/mol. The summed E-state index contributed by atoms with van der Waals surface area (Å²) < 4.78 is 7.08. The molecule has 3 aliphatic heterocycles. The smallest absolute Gasteiger partial charge is 0.0625 e. The summed E-state index contributed by atoms with van der Waals surface area (Å²) in [5, 5.41) is 4.14. The quantitative estimate of drug-likeness (QED) is 0.264. The molecule has 12 fully saturated rings. The summed E-state index contributed by atoms with van der Waals surface area (Å²) in [6.07, 6.45) is 51.8. The van der Waals surface area contributed by atoms with Crippen LogP contribution in [0.1, 0.15) is 212 Å². The number of thioether (sulfide) groups is 2. The zero-order chi connectivity index (χ0) is 38.2. The first kappa shape index (κ1) is 40.2. The fourth-order valence-corrected chi connectivity index (χ4v) is 24.3. The molecule has 3 heterocycles. The maximum atomic E-state index is 7.08. The van der Waals surface area contributed by atoms with E-state index in [4.69, 9.17) is 4.74 Å². The van der Waals surface area contributed by atoms with E-state index in [1.54, 1.807) is 116 Å². The summed E-state index contributed by atoms with van der Waals surface area (Å²) in [7, 11) is 0. The molecule has 326 valence electrons. The Balaban J connectivity index is 0.742. The van der Waals surface area contributed by atoms with Crippen LogP contribution in [0.25, 0.3) is 0 Å². The molecule has 0 amide bonds. The first-order chi connectivity index (χ1) is 28.7. The summed E-state index contributed by atoms with van der Waals surface area (Å²) in [5.41, 5.74) is 0. The Kier molecular flexibility index (Phi) is 12.1. The van der Waals surface area contributed by atoms with Crippen LogP contribution in [0.2, 0.25) is 0 Å². The molecule has 12 rings (SSSR count). The monoisotopic (exact) mass is 830 g/mol. The molecule has 4 heteroatoms. The van der Waals surface area contributed by atoms with Crippen LogP contribution < -0.4 is 0 Å². The highest BCUT2D eigenvalue weighted by atomic mass is 32.2. The van der Waals surface area contributed by atoms with Gasteiger partial charge in [0.25, 0.3) is 0 Å². The average molecular weight is 830 g/mol. The Morgan fingerprint density at radius 2 is 0.914 bits per heavy atom. The predicted octanol–water partition coefficient (Wildman–Crippen LogP) is 14.5. The molecule has 58 heavy (non-hydrogen) atoms. The largest absolute Gasteiger partial charge is 0.374 e. The van der Waals surface area contributed by atoms with Gasteiger partial charge in [0, 0.05) is 45.0 Å². The maximum absolute atomic E-state index is 7.08. The zero-order valence-electron chi connectivity index (χ0n) is 37.1. The second-order valence-corrected chi connectivity index (χ2v) is 27.1. The van der Waals surface area contributed by atoms with Gasteiger partial charge in [0.15, 0.2) is 0 Å². The third-order valence-corrected chi connectivity index (χ3v) is 25.7. The van der Waals surface area contributed by atoms with Crippen molar-refractivity contribution in [2.75, 3.05) is 0 Å². The van der Waals surface area contributed by atoms with Crippen molar-refractivity contribution in [2.24, 2.45) is 71.0 Å². The minimum atomic E-state index is 0.588. The Bertz CT molecular complexity index is 1370. The van der Waals surface area contributed by atoms with E-state index in [0.717, 1.165) is 110 Å². The minimum absolute atomic E-state index is 0.588. The molecule has 16 atom stereocenters. The van der Waals surface area contributed by atoms with E-state index in [1.165, 1.54) is 96.3 Å². The van der Waals surface area contributed by atoms with Gasteiger partial charge >= 0.3 is 0 Å². The minimum Gasteiger partial charge on any atom is -0.374 e. The normalized spacial score (nSPS) is 53.5. The van der Waals surface area contributed by atoms with Crippen molar-refractivity contribution in [3.05, 3.63) is 0 Å². The van der Waals surface area contributed by atoms with Gasteiger partial charge in [0.1, 0.15) is 0 Å². The summed E-state index contributed by atoms with van der Waals surface area (Å²) in [6, 6.07) is 2.57. The van der Waals surface area contributed by atoms with Gasteiger partial charge in [-0.1, -0.05) is 83.5 Å². The van der Waals surface area contributed by atoms with Crippen molar-refractivity contribution in [3.8, 4) is 0 Å². The van der Waals surface area contributed by atoms with Gasteiger partial charge in [-0.3, -0.25) is 4.90 Å². The lowest BCUT2D eigenvalue weighted by Gasteiger charge is -2.53. The summed E-state index contributed by atoms with van der Waals surface area (Å²) in [4.78, 5) is 3.41. The number of fused-ring (bicyclic) bond motifs is 10. The molecule has 12 aliphatic rings. The van der Waals surface area contributed by atoms with E-state index in [9.17, 15) is 0 Å². The van der Waals surface area contributed by atoms with Gasteiger partial charge in [0.2, 0.25) is 0 Å². The van der Waals surface area contributed by atoms with Crippen molar-refractivity contribution in [1.29, 1.82) is 0 Å². The lowest BCUT2D eigenvalue weighted by molar-refractivity contribution is -0.0531. The van der Waals surface area contributed by atoms with Gasteiger partial charge in [-0.05, 0) is 194 Å². The number of ether oxygens (including phenoxy) is 1. The molecule has 0 aromatic carbocycles. The Morgan fingerprint density at radius 3 is 1.72 bits per heavy atom. The number of hydrogen-bond donors (Lipinski definition) is 0. The Morgan fingerprint density at radius 1 is 0.328 bits per heavy atom. The lowest BCUT2D eigenvalue weighted by atomic mass is 9.62. The van der Waals surface area contributed by atoms with Gasteiger partial charge in [-0.25, -0.2) is 0 Å². The van der Waals surface area contributed by atoms with Crippen LogP contribution in [0, 0.1) is 71.0 Å². The molecule has 9 saturated carbocycles. The highest BCUT2D eigenvalue weighted by molar-refractivity contribution is 8.02. The molecule has 16 unspecified atom stereocenters. The first-order valence-electron chi connectivity index (χ1n) is 27.5. The van der Waals surface area contributed by atoms with Crippen LogP contribution in [0.4, 0.5) is 0 Å². The number of nitrogens with zero attached hydrogens (tertiary/aromatic N) is 1. The van der Waals surface area contributed by atoms with Crippen molar-refractivity contribution < 1.29 is 4.74 Å². The van der Waals surface area contributed by atoms with E-state index in [2.05, 4.69) is 28.4 Å². The van der Waals surface area contributed by atoms with E-state index in [1.807, 2.05) is 0 Å². The first-order valence-corrected chi connectivity index (χ1v) is 29.4. The summed E-state index contributed by atoms with van der Waals surface area (Å²) >= 11 is 5.18. The number of rotatable bonds is 6. The van der Waals surface area contributed by atoms with E-state index in [0.29, 0.717) is 12.2 Å². The molecule has 0 aromatic rings. The van der Waals surface area contributed by atoms with Gasteiger partial charge < -0.3 is 4.74 Å². The van der Waals surface area contributed by atoms with E-state index >= 15 is 0 Å². The second-order valence-electron chi connectivity index (χ2n) is 24.2. The highest BCUT2D eigenvalue weighted by Crippen LogP contribution is 2.66. The second kappa shape index (κ2) is 17.5. The van der Waals surface area contributed by atoms with Crippen LogP contribution in [-0.2, 0) is 4.74 Å². The number of hydrogen-bond acceptors (Lipinski definition) is 4. The molecule has 0 radical (unpaired) electrons. The lowest BCUT2D eigenvalue weighted by Crippen LogP contribution is -2.58. The molecule has 3 saturated heterocycles. The van der Waals surface area contributed by atoms with Crippen LogP contribution >= 0.6 is 23.5 Å². The third-order valence-electron chi connectivity index (χ3n) is 21.9. The zero-order valence-corrected chi connectivity index (χ0v) is 38.8. The van der Waals surface area contributed by atoms with Gasteiger partial charge in [0.05, 0.1) is 12.2 Å². The molecular formula is C54H87NOS2. The summed E-state index contributed by atoms with van der Waals surface area (Å²) in [5.74, 6) is 12.4. The van der Waals surface area contributed by atoms with E-state index < -0.39 is 0 Å². The standard InChI is InChI=1S/C54H87NOS2/c1-2-11-34(12-3-1)37-13-8-14-38(33-37)35-23-27-39(28-24-35)55(46-19-10-21-48-51(46)44-15-4-6-20-47(44)56-48)40-29-25-36(26-30-40)41-17-9-18-42-43-31-32-50-52(54(43)58-53(41)42)45-16-5-7-22-49(45)57-50/h34-54H,1-33H2. The average Bonchev–Trinajstić information content (AvgIpc) is 3.99. The predicted molar refractivity (Wildman–Crippen MR) is 246 cm³/mol. The molecule has 0 bridgehead atoms. The van der Waals surface area contributed by atoms with Crippen LogP contribution in [0.3, 0.4) is 0 Å². The fraction of sp³-hybridized carbons (Fsp3) is 1.00. The molecule has 0 N–H and O–H groups in total. The van der Waals surface area contributed by atoms with Crippen LogP contribution in [0.15, 0.2) is 0 Å². The van der Waals surface area contributed by atoms with Crippen molar-refractivity contribution in [1.82, 2.24) is 4.90 Å². The van der Waals surface area contributed by atoms with Crippen LogP contribution in [-0.4, -0.2) is 56.2 Å². The van der Waals surface area contributed by atoms with Gasteiger partial charge in [-0.15, -0.1) is 0 Å². The highest BCUT2D eigenvalue weighted by Gasteiger charge is 2.60. The maximum Gasteiger partial charge on any atom is 0.0625 e. The fourth-order valence-electron chi connectivity index (χ4n) is 19.5. The van der Waals surface area contributed by atoms with Crippen molar-refractivity contribution >= 4 is 23.5 Å². The van der Waals surface area contributed by atoms with Crippen molar-refractivity contribution in [3.63, 3.8) is 0 Å². The molecule has 0 aromatic heterocycles. The molecule has 2 nitrogen and oxygen atoms in total. The third kappa shape index (κ3) is 7.42. The van der Waals surface area contributed by atoms with Gasteiger partial charge in [-0.2, -0.15) is 23.5 Å². The topological polar surface area (TPSA) is 12.5 Å². The van der Waals surface area contributed by atoms with Crippen molar-refractivity contribution in [2.45, 2.75) is 263 Å². The molecule has 0 spiro atoms. The SMILES string of the molecule is C1CCC(C2CCCC(C3CCC(N(C4CCC(C5CCCC6C7CCC8SC9CCCCC9C8C7SC56)CC4)C4CCCC5OC6CCCCC6C54)CC3)C2)CC1. The Hall–Kier alpha value is 0.620. The summed E-state index contributed by atoms with van der Waals surface area (Å²) in [6.45, 7) is 0. The van der Waals surface area contributed by atoms with E-state index in [-0.39, 0.29) is 0 Å².